The summed E-state index contributed by atoms with van der Waals surface area (Å²) in [5.74, 6) is 1.30. The van der Waals surface area contributed by atoms with Crippen molar-refractivity contribution in [1.82, 2.24) is 5.32 Å². The van der Waals surface area contributed by atoms with Gasteiger partial charge in [0.1, 0.15) is 5.75 Å². The lowest BCUT2D eigenvalue weighted by atomic mass is 10.1. The first-order valence-electron chi connectivity index (χ1n) is 6.12. The number of carbonyl (C=O) groups is 1. The summed E-state index contributed by atoms with van der Waals surface area (Å²) in [7, 11) is 1.62. The van der Waals surface area contributed by atoms with Crippen LogP contribution in [0.5, 0.6) is 5.75 Å². The van der Waals surface area contributed by atoms with E-state index in [-0.39, 0.29) is 5.91 Å². The summed E-state index contributed by atoms with van der Waals surface area (Å²) < 4.78 is 5.22. The van der Waals surface area contributed by atoms with Gasteiger partial charge in [-0.3, -0.25) is 4.79 Å². The van der Waals surface area contributed by atoms with E-state index in [1.807, 2.05) is 24.3 Å². The van der Waals surface area contributed by atoms with E-state index in [1.165, 1.54) is 0 Å². The van der Waals surface area contributed by atoms with Gasteiger partial charge in [0.05, 0.1) is 13.5 Å². The van der Waals surface area contributed by atoms with Crippen LogP contribution in [-0.4, -0.2) is 24.9 Å². The Morgan fingerprint density at radius 2 is 2.17 bits per heavy atom. The van der Waals surface area contributed by atoms with Crippen LogP contribution in [0.3, 0.4) is 0 Å². The zero-order valence-electron chi connectivity index (χ0n) is 10.9. The van der Waals surface area contributed by atoms with Crippen molar-refractivity contribution in [3.05, 3.63) is 29.8 Å². The van der Waals surface area contributed by atoms with Crippen molar-refractivity contribution < 1.29 is 9.53 Å². The van der Waals surface area contributed by atoms with Crippen molar-refractivity contribution in [1.29, 1.82) is 0 Å². The van der Waals surface area contributed by atoms with Gasteiger partial charge in [0.15, 0.2) is 0 Å². The first kappa shape index (κ1) is 15.0. The van der Waals surface area contributed by atoms with Crippen LogP contribution in [0, 0.1) is 5.92 Å². The molecular weight excluding hydrogens is 294 g/mol. The molecule has 1 amide bonds. The number of hydrogen-bond donors (Lipinski definition) is 1. The highest BCUT2D eigenvalue weighted by molar-refractivity contribution is 9.09. The lowest BCUT2D eigenvalue weighted by Crippen LogP contribution is -2.29. The molecule has 0 radical (unpaired) electrons. The zero-order valence-corrected chi connectivity index (χ0v) is 12.5. The molecule has 0 heterocycles. The summed E-state index contributed by atoms with van der Waals surface area (Å²) >= 11 is 3.40. The van der Waals surface area contributed by atoms with E-state index >= 15 is 0 Å². The Balaban J connectivity index is 2.44. The van der Waals surface area contributed by atoms with Crippen LogP contribution in [0.1, 0.15) is 18.9 Å². The lowest BCUT2D eigenvalue weighted by molar-refractivity contribution is -0.120. The maximum absolute atomic E-state index is 11.8. The van der Waals surface area contributed by atoms with Gasteiger partial charge in [-0.1, -0.05) is 41.1 Å². The molecule has 0 aliphatic heterocycles. The number of ether oxygens (including phenoxy) is 1. The van der Waals surface area contributed by atoms with Crippen molar-refractivity contribution in [2.75, 3.05) is 19.0 Å². The Labute approximate surface area is 117 Å². The third-order valence-electron chi connectivity index (χ3n) is 2.79. The first-order chi connectivity index (χ1) is 8.67. The van der Waals surface area contributed by atoms with E-state index in [0.29, 0.717) is 12.3 Å². The van der Waals surface area contributed by atoms with Crippen LogP contribution >= 0.6 is 15.9 Å². The van der Waals surface area contributed by atoms with Crippen LogP contribution in [-0.2, 0) is 11.2 Å². The van der Waals surface area contributed by atoms with E-state index < -0.39 is 0 Å². The molecule has 3 nitrogen and oxygen atoms in total. The molecule has 0 aromatic heterocycles. The molecule has 0 aliphatic carbocycles. The van der Waals surface area contributed by atoms with Crippen molar-refractivity contribution in [2.24, 2.45) is 5.92 Å². The second-order valence-electron chi connectivity index (χ2n) is 4.38. The molecule has 0 bridgehead atoms. The molecule has 18 heavy (non-hydrogen) atoms. The number of rotatable bonds is 7. The van der Waals surface area contributed by atoms with Crippen molar-refractivity contribution in [3.8, 4) is 5.75 Å². The molecule has 1 unspecified atom stereocenters. The van der Waals surface area contributed by atoms with E-state index in [9.17, 15) is 4.79 Å². The highest BCUT2D eigenvalue weighted by Gasteiger charge is 2.09. The molecule has 0 saturated carbocycles. The second kappa shape index (κ2) is 8.14. The number of amides is 1. The molecule has 1 aromatic carbocycles. The van der Waals surface area contributed by atoms with Gasteiger partial charge in [-0.25, -0.2) is 0 Å². The van der Waals surface area contributed by atoms with Gasteiger partial charge in [0.2, 0.25) is 5.91 Å². The number of benzene rings is 1. The molecule has 1 rings (SSSR count). The highest BCUT2D eigenvalue weighted by Crippen LogP contribution is 2.17. The minimum Gasteiger partial charge on any atom is -0.496 e. The van der Waals surface area contributed by atoms with E-state index in [2.05, 4.69) is 28.2 Å². The Bertz CT molecular complexity index is 382. The molecule has 4 heteroatoms. The average molecular weight is 314 g/mol. The second-order valence-corrected chi connectivity index (χ2v) is 5.17. The third kappa shape index (κ3) is 5.08. The van der Waals surface area contributed by atoms with E-state index in [4.69, 9.17) is 4.74 Å². The van der Waals surface area contributed by atoms with Crippen LogP contribution in [0.2, 0.25) is 0 Å². The molecule has 100 valence electrons. The first-order valence-corrected chi connectivity index (χ1v) is 7.24. The Morgan fingerprint density at radius 3 is 2.83 bits per heavy atom. The SMILES string of the molecule is COc1ccccc1CC(=O)NCC(C)CCBr. The van der Waals surface area contributed by atoms with Crippen LogP contribution in [0.15, 0.2) is 24.3 Å². The van der Waals surface area contributed by atoms with Gasteiger partial charge in [-0.05, 0) is 18.4 Å². The standard InChI is InChI=1S/C14H20BrNO2/c1-11(7-8-15)10-16-14(17)9-12-5-3-4-6-13(12)18-2/h3-6,11H,7-10H2,1-2H3,(H,16,17). The smallest absolute Gasteiger partial charge is 0.224 e. The van der Waals surface area contributed by atoms with E-state index in [1.54, 1.807) is 7.11 Å². The Morgan fingerprint density at radius 1 is 1.44 bits per heavy atom. The topological polar surface area (TPSA) is 38.3 Å². The predicted octanol–water partition coefficient (Wildman–Crippen LogP) is 2.78. The maximum Gasteiger partial charge on any atom is 0.224 e. The van der Waals surface area contributed by atoms with Gasteiger partial charge in [-0.2, -0.15) is 0 Å². The lowest BCUT2D eigenvalue weighted by Gasteiger charge is -2.12. The zero-order chi connectivity index (χ0) is 13.4. The molecule has 0 saturated heterocycles. The number of alkyl halides is 1. The predicted molar refractivity (Wildman–Crippen MR) is 77.3 cm³/mol. The Kier molecular flexibility index (Phi) is 6.80. The fraction of sp³-hybridized carbons (Fsp3) is 0.500. The summed E-state index contributed by atoms with van der Waals surface area (Å²) in [5, 5.41) is 3.92. The van der Waals surface area contributed by atoms with Gasteiger partial charge in [0, 0.05) is 17.4 Å². The Hall–Kier alpha value is -1.03. The van der Waals surface area contributed by atoms with Gasteiger partial charge in [-0.15, -0.1) is 0 Å². The minimum atomic E-state index is 0.0425. The number of para-hydroxylation sites is 1. The van der Waals surface area contributed by atoms with Crippen LogP contribution in [0.25, 0.3) is 0 Å². The number of halogens is 1. The maximum atomic E-state index is 11.8. The van der Waals surface area contributed by atoms with Crippen molar-refractivity contribution in [2.45, 2.75) is 19.8 Å². The minimum absolute atomic E-state index is 0.0425. The summed E-state index contributed by atoms with van der Waals surface area (Å²) in [6.45, 7) is 2.85. The molecule has 1 aromatic rings. The fourth-order valence-corrected chi connectivity index (χ4v) is 2.44. The third-order valence-corrected chi connectivity index (χ3v) is 3.25. The molecule has 0 fully saturated rings. The van der Waals surface area contributed by atoms with Gasteiger partial charge in [0.25, 0.3) is 0 Å². The summed E-state index contributed by atoms with van der Waals surface area (Å²) in [5.41, 5.74) is 0.922. The molecular formula is C14H20BrNO2. The number of carbonyl (C=O) groups excluding carboxylic acids is 1. The number of nitrogens with one attached hydrogen (secondary N) is 1. The summed E-state index contributed by atoms with van der Waals surface area (Å²) in [6, 6.07) is 7.60. The molecule has 0 aliphatic rings. The number of methoxy groups -OCH3 is 1. The van der Waals surface area contributed by atoms with Crippen LogP contribution in [0.4, 0.5) is 0 Å². The van der Waals surface area contributed by atoms with Gasteiger partial charge >= 0.3 is 0 Å². The molecule has 1 atom stereocenters. The van der Waals surface area contributed by atoms with Gasteiger partial charge < -0.3 is 10.1 Å². The van der Waals surface area contributed by atoms with Crippen molar-refractivity contribution in [3.63, 3.8) is 0 Å². The summed E-state index contributed by atoms with van der Waals surface area (Å²) in [4.78, 5) is 11.8. The molecule has 0 spiro atoms. The monoisotopic (exact) mass is 313 g/mol. The highest BCUT2D eigenvalue weighted by atomic mass is 79.9. The quantitative estimate of drug-likeness (QED) is 0.786. The number of hydrogen-bond acceptors (Lipinski definition) is 2. The van der Waals surface area contributed by atoms with Crippen LogP contribution < -0.4 is 10.1 Å². The van der Waals surface area contributed by atoms with E-state index in [0.717, 1.165) is 29.6 Å². The fourth-order valence-electron chi connectivity index (χ4n) is 1.66. The average Bonchev–Trinajstić information content (AvgIpc) is 2.37. The largest absolute Gasteiger partial charge is 0.496 e. The summed E-state index contributed by atoms with van der Waals surface area (Å²) in [6.07, 6.45) is 1.43. The molecule has 1 N–H and O–H groups in total. The normalized spacial score (nSPS) is 11.9. The van der Waals surface area contributed by atoms with Crippen molar-refractivity contribution >= 4 is 21.8 Å².